The van der Waals surface area contributed by atoms with E-state index in [1.807, 2.05) is 56.7 Å². The minimum Gasteiger partial charge on any atom is -0.466 e. The molecule has 154 valence electrons. The zero-order valence-corrected chi connectivity index (χ0v) is 18.6. The minimum absolute atomic E-state index is 0.210. The standard InChI is InChI=1S/C23H22ClN3O2S/c1-4-29-22(28)11-16-6-5-7-19(10-16)30-23-15(2)27(18-13-25-26(3)14-18)21-12-17(24)8-9-20(21)23/h5-10,12-14H,4,11H2,1-3H3. The first-order chi connectivity index (χ1) is 14.5. The molecule has 0 N–H and O–H groups in total. The second-order valence-corrected chi connectivity index (χ2v) is 8.54. The Morgan fingerprint density at radius 2 is 2.07 bits per heavy atom. The molecule has 5 nitrogen and oxygen atoms in total. The number of ether oxygens (including phenoxy) is 1. The molecule has 0 atom stereocenters. The van der Waals surface area contributed by atoms with Crippen LogP contribution >= 0.6 is 23.4 Å². The second kappa shape index (κ2) is 8.58. The van der Waals surface area contributed by atoms with Crippen LogP contribution in [-0.4, -0.2) is 26.9 Å². The summed E-state index contributed by atoms with van der Waals surface area (Å²) in [6.07, 6.45) is 4.11. The van der Waals surface area contributed by atoms with E-state index in [4.69, 9.17) is 16.3 Å². The van der Waals surface area contributed by atoms with Gasteiger partial charge in [-0.2, -0.15) is 5.10 Å². The van der Waals surface area contributed by atoms with Crippen LogP contribution in [0.3, 0.4) is 0 Å². The van der Waals surface area contributed by atoms with Crippen LogP contribution in [0.1, 0.15) is 18.2 Å². The third kappa shape index (κ3) is 4.11. The van der Waals surface area contributed by atoms with E-state index in [9.17, 15) is 4.79 Å². The number of fused-ring (bicyclic) bond motifs is 1. The van der Waals surface area contributed by atoms with E-state index >= 15 is 0 Å². The number of aryl methyl sites for hydroxylation is 1. The molecule has 0 unspecified atom stereocenters. The first-order valence-electron chi connectivity index (χ1n) is 9.68. The van der Waals surface area contributed by atoms with Crippen LogP contribution in [0, 0.1) is 6.92 Å². The lowest BCUT2D eigenvalue weighted by Crippen LogP contribution is -2.07. The molecule has 0 saturated heterocycles. The molecule has 2 aromatic heterocycles. The monoisotopic (exact) mass is 439 g/mol. The van der Waals surface area contributed by atoms with Gasteiger partial charge in [-0.25, -0.2) is 0 Å². The van der Waals surface area contributed by atoms with Crippen molar-refractivity contribution in [3.63, 3.8) is 0 Å². The van der Waals surface area contributed by atoms with Crippen LogP contribution in [0.5, 0.6) is 0 Å². The van der Waals surface area contributed by atoms with Gasteiger partial charge in [0.25, 0.3) is 0 Å². The molecule has 0 bridgehead atoms. The number of hydrogen-bond acceptors (Lipinski definition) is 4. The minimum atomic E-state index is -0.210. The molecular weight excluding hydrogens is 418 g/mol. The Morgan fingerprint density at radius 1 is 1.23 bits per heavy atom. The van der Waals surface area contributed by atoms with Gasteiger partial charge in [-0.15, -0.1) is 0 Å². The van der Waals surface area contributed by atoms with Crippen LogP contribution < -0.4 is 0 Å². The zero-order chi connectivity index (χ0) is 21.3. The number of halogens is 1. The number of carbonyl (C=O) groups is 1. The molecule has 0 spiro atoms. The largest absolute Gasteiger partial charge is 0.466 e. The van der Waals surface area contributed by atoms with Gasteiger partial charge >= 0.3 is 5.97 Å². The van der Waals surface area contributed by atoms with Gasteiger partial charge in [-0.1, -0.05) is 41.6 Å². The summed E-state index contributed by atoms with van der Waals surface area (Å²) >= 11 is 8.00. The molecule has 0 fully saturated rings. The number of rotatable bonds is 6. The predicted molar refractivity (Wildman–Crippen MR) is 121 cm³/mol. The number of benzene rings is 2. The number of carbonyl (C=O) groups excluding carboxylic acids is 1. The van der Waals surface area contributed by atoms with E-state index in [1.165, 1.54) is 0 Å². The highest BCUT2D eigenvalue weighted by Gasteiger charge is 2.18. The summed E-state index contributed by atoms with van der Waals surface area (Å²) in [6.45, 7) is 4.31. The zero-order valence-electron chi connectivity index (χ0n) is 17.1. The Balaban J connectivity index is 1.75. The van der Waals surface area contributed by atoms with Gasteiger partial charge < -0.3 is 9.30 Å². The van der Waals surface area contributed by atoms with E-state index < -0.39 is 0 Å². The smallest absolute Gasteiger partial charge is 0.310 e. The van der Waals surface area contributed by atoms with Crippen LogP contribution in [0.25, 0.3) is 16.6 Å². The van der Waals surface area contributed by atoms with E-state index in [2.05, 4.69) is 28.7 Å². The number of aromatic nitrogens is 3. The maximum Gasteiger partial charge on any atom is 0.310 e. The van der Waals surface area contributed by atoms with Crippen LogP contribution in [-0.2, 0) is 23.0 Å². The second-order valence-electron chi connectivity index (χ2n) is 7.01. The van der Waals surface area contributed by atoms with Crippen molar-refractivity contribution in [2.24, 2.45) is 7.05 Å². The van der Waals surface area contributed by atoms with Crippen LogP contribution in [0.4, 0.5) is 0 Å². The van der Waals surface area contributed by atoms with Crippen molar-refractivity contribution < 1.29 is 9.53 Å². The third-order valence-electron chi connectivity index (χ3n) is 4.83. The number of hydrogen-bond donors (Lipinski definition) is 0. The van der Waals surface area contributed by atoms with Crippen LogP contribution in [0.2, 0.25) is 5.02 Å². The number of nitrogens with zero attached hydrogens (tertiary/aromatic N) is 3. The molecule has 4 rings (SSSR count). The lowest BCUT2D eigenvalue weighted by Gasteiger charge is -2.07. The summed E-state index contributed by atoms with van der Waals surface area (Å²) in [5, 5.41) is 6.14. The van der Waals surface area contributed by atoms with E-state index in [-0.39, 0.29) is 12.4 Å². The van der Waals surface area contributed by atoms with Gasteiger partial charge in [-0.3, -0.25) is 9.48 Å². The normalized spacial score (nSPS) is 11.2. The van der Waals surface area contributed by atoms with Gasteiger partial charge in [-0.05, 0) is 43.7 Å². The fourth-order valence-corrected chi connectivity index (χ4v) is 4.84. The first-order valence-corrected chi connectivity index (χ1v) is 10.9. The number of esters is 1. The van der Waals surface area contributed by atoms with Gasteiger partial charge in [0.1, 0.15) is 0 Å². The van der Waals surface area contributed by atoms with Crippen molar-refractivity contribution in [2.45, 2.75) is 30.1 Å². The molecule has 4 aromatic rings. The van der Waals surface area contributed by atoms with Crippen molar-refractivity contribution in [2.75, 3.05) is 6.61 Å². The predicted octanol–water partition coefficient (Wildman–Crippen LogP) is 5.58. The van der Waals surface area contributed by atoms with E-state index in [1.54, 1.807) is 16.4 Å². The van der Waals surface area contributed by atoms with Crippen molar-refractivity contribution in [1.82, 2.24) is 14.3 Å². The molecule has 0 aliphatic heterocycles. The molecule has 0 radical (unpaired) electrons. The fraction of sp³-hybridized carbons (Fsp3) is 0.217. The lowest BCUT2D eigenvalue weighted by molar-refractivity contribution is -0.142. The van der Waals surface area contributed by atoms with E-state index in [0.29, 0.717) is 11.6 Å². The van der Waals surface area contributed by atoms with Gasteiger partial charge in [0.2, 0.25) is 0 Å². The third-order valence-corrected chi connectivity index (χ3v) is 6.28. The van der Waals surface area contributed by atoms with Crippen LogP contribution in [0.15, 0.2) is 64.6 Å². The molecular formula is C23H22ClN3O2S. The summed E-state index contributed by atoms with van der Waals surface area (Å²) in [6, 6.07) is 14.0. The molecule has 2 heterocycles. The molecule has 0 aliphatic rings. The summed E-state index contributed by atoms with van der Waals surface area (Å²) in [7, 11) is 1.90. The highest BCUT2D eigenvalue weighted by atomic mass is 35.5. The Hall–Kier alpha value is -2.70. The SMILES string of the molecule is CCOC(=O)Cc1cccc(Sc2c(C)n(-c3cnn(C)c3)c3cc(Cl)ccc23)c1. The van der Waals surface area contributed by atoms with E-state index in [0.717, 1.165) is 37.6 Å². The Bertz CT molecular complexity index is 1230. The fourth-order valence-electron chi connectivity index (χ4n) is 3.56. The highest BCUT2D eigenvalue weighted by Crippen LogP contribution is 2.40. The molecule has 0 amide bonds. The highest BCUT2D eigenvalue weighted by molar-refractivity contribution is 7.99. The quantitative estimate of drug-likeness (QED) is 0.368. The summed E-state index contributed by atoms with van der Waals surface area (Å²) in [5.74, 6) is -0.210. The molecule has 7 heteroatoms. The van der Waals surface area contributed by atoms with Gasteiger partial charge in [0.15, 0.2) is 0 Å². The summed E-state index contributed by atoms with van der Waals surface area (Å²) in [5.41, 5.74) is 4.08. The topological polar surface area (TPSA) is 49.1 Å². The molecule has 2 aromatic carbocycles. The van der Waals surface area contributed by atoms with Crippen molar-refractivity contribution >= 4 is 40.2 Å². The Labute approximate surface area is 184 Å². The maximum absolute atomic E-state index is 11.9. The maximum atomic E-state index is 11.9. The van der Waals surface area contributed by atoms with Crippen molar-refractivity contribution in [3.05, 3.63) is 71.1 Å². The van der Waals surface area contributed by atoms with Crippen molar-refractivity contribution in [1.29, 1.82) is 0 Å². The summed E-state index contributed by atoms with van der Waals surface area (Å²) < 4.78 is 9.04. The van der Waals surface area contributed by atoms with Gasteiger partial charge in [0.05, 0.1) is 30.4 Å². The average molecular weight is 440 g/mol. The Kier molecular flexibility index (Phi) is 5.88. The lowest BCUT2D eigenvalue weighted by atomic mass is 10.1. The molecule has 0 saturated carbocycles. The Morgan fingerprint density at radius 3 is 2.80 bits per heavy atom. The molecule has 0 aliphatic carbocycles. The van der Waals surface area contributed by atoms with Crippen molar-refractivity contribution in [3.8, 4) is 5.69 Å². The summed E-state index contributed by atoms with van der Waals surface area (Å²) in [4.78, 5) is 14.1. The molecule has 30 heavy (non-hydrogen) atoms. The first kappa shape index (κ1) is 20.6. The van der Waals surface area contributed by atoms with Gasteiger partial charge in [0, 0.05) is 39.1 Å². The average Bonchev–Trinajstić information content (AvgIpc) is 3.23.